The van der Waals surface area contributed by atoms with Gasteiger partial charge in [0, 0.05) is 18.3 Å². The Morgan fingerprint density at radius 1 is 1.11 bits per heavy atom. The molecule has 2 aromatic rings. The number of rotatable bonds is 5. The zero-order valence-corrected chi connectivity index (χ0v) is 11.5. The quantitative estimate of drug-likeness (QED) is 0.891. The smallest absolute Gasteiger partial charge is 0.219 e. The molecule has 1 aromatic carbocycles. The number of benzene rings is 1. The molecule has 0 radical (unpaired) electrons. The molecule has 2 N–H and O–H groups in total. The maximum absolute atomic E-state index is 5.92. The van der Waals surface area contributed by atoms with Crippen LogP contribution < -0.4 is 10.5 Å². The first kappa shape index (κ1) is 13.6. The van der Waals surface area contributed by atoms with Gasteiger partial charge in [0.2, 0.25) is 5.88 Å². The molecule has 3 nitrogen and oxygen atoms in total. The second kappa shape index (κ2) is 6.34. The highest BCUT2D eigenvalue weighted by molar-refractivity contribution is 5.37. The van der Waals surface area contributed by atoms with E-state index < -0.39 is 0 Å². The minimum atomic E-state index is 0.501. The Balaban J connectivity index is 2.32. The van der Waals surface area contributed by atoms with Gasteiger partial charge in [-0.25, -0.2) is 4.98 Å². The van der Waals surface area contributed by atoms with Crippen molar-refractivity contribution < 1.29 is 4.74 Å². The monoisotopic (exact) mass is 256 g/mol. The molecule has 0 saturated heterocycles. The summed E-state index contributed by atoms with van der Waals surface area (Å²) in [5.41, 5.74) is 8.95. The van der Waals surface area contributed by atoms with Crippen LogP contribution in [0.1, 0.15) is 30.7 Å². The molecule has 0 aliphatic carbocycles. The van der Waals surface area contributed by atoms with Crippen LogP contribution in [-0.4, -0.2) is 4.98 Å². The molecular formula is C16H20N2O. The fourth-order valence-electron chi connectivity index (χ4n) is 1.98. The van der Waals surface area contributed by atoms with Gasteiger partial charge in [-0.2, -0.15) is 0 Å². The van der Waals surface area contributed by atoms with Gasteiger partial charge in [-0.1, -0.05) is 32.0 Å². The SMILES string of the molecule is CCc1cc(CN)cc(Oc2ccccc2CC)n1. The zero-order valence-electron chi connectivity index (χ0n) is 11.5. The summed E-state index contributed by atoms with van der Waals surface area (Å²) in [5.74, 6) is 1.49. The minimum Gasteiger partial charge on any atom is -0.439 e. The van der Waals surface area contributed by atoms with E-state index in [1.165, 1.54) is 5.56 Å². The summed E-state index contributed by atoms with van der Waals surface area (Å²) in [6, 6.07) is 12.0. The van der Waals surface area contributed by atoms with Crippen LogP contribution in [-0.2, 0) is 19.4 Å². The number of para-hydroxylation sites is 1. The Hall–Kier alpha value is -1.87. The van der Waals surface area contributed by atoms with Crippen LogP contribution in [0.4, 0.5) is 0 Å². The van der Waals surface area contributed by atoms with E-state index in [-0.39, 0.29) is 0 Å². The van der Waals surface area contributed by atoms with Gasteiger partial charge in [0.15, 0.2) is 0 Å². The molecule has 3 heteroatoms. The van der Waals surface area contributed by atoms with Gasteiger partial charge in [-0.3, -0.25) is 0 Å². The second-order valence-electron chi connectivity index (χ2n) is 4.43. The molecule has 0 aliphatic rings. The average Bonchev–Trinajstić information content (AvgIpc) is 2.47. The van der Waals surface area contributed by atoms with Crippen LogP contribution in [0.5, 0.6) is 11.6 Å². The lowest BCUT2D eigenvalue weighted by molar-refractivity contribution is 0.455. The first-order valence-electron chi connectivity index (χ1n) is 6.72. The van der Waals surface area contributed by atoms with Gasteiger partial charge in [0.1, 0.15) is 5.75 Å². The van der Waals surface area contributed by atoms with Gasteiger partial charge in [0.05, 0.1) is 0 Å². The minimum absolute atomic E-state index is 0.501. The van der Waals surface area contributed by atoms with Gasteiger partial charge in [0.25, 0.3) is 0 Å². The van der Waals surface area contributed by atoms with Crippen molar-refractivity contribution in [2.45, 2.75) is 33.2 Å². The van der Waals surface area contributed by atoms with Crippen molar-refractivity contribution in [3.8, 4) is 11.6 Å². The number of hydrogen-bond acceptors (Lipinski definition) is 3. The van der Waals surface area contributed by atoms with Crippen LogP contribution in [0, 0.1) is 0 Å². The first-order valence-corrected chi connectivity index (χ1v) is 6.72. The van der Waals surface area contributed by atoms with E-state index in [1.54, 1.807) is 0 Å². The number of pyridine rings is 1. The number of aromatic nitrogens is 1. The van der Waals surface area contributed by atoms with Crippen LogP contribution >= 0.6 is 0 Å². The number of nitrogens with zero attached hydrogens (tertiary/aromatic N) is 1. The van der Waals surface area contributed by atoms with Gasteiger partial charge in [-0.05, 0) is 36.1 Å². The molecule has 0 atom stereocenters. The van der Waals surface area contributed by atoms with Crippen LogP contribution in [0.25, 0.3) is 0 Å². The third kappa shape index (κ3) is 3.32. The molecule has 0 fully saturated rings. The third-order valence-electron chi connectivity index (χ3n) is 3.08. The summed E-state index contributed by atoms with van der Waals surface area (Å²) < 4.78 is 5.92. The lowest BCUT2D eigenvalue weighted by atomic mass is 10.1. The van der Waals surface area contributed by atoms with Gasteiger partial charge in [-0.15, -0.1) is 0 Å². The van der Waals surface area contributed by atoms with E-state index in [0.29, 0.717) is 12.4 Å². The van der Waals surface area contributed by atoms with Crippen molar-refractivity contribution in [1.29, 1.82) is 0 Å². The number of nitrogens with two attached hydrogens (primary N) is 1. The van der Waals surface area contributed by atoms with Crippen molar-refractivity contribution in [1.82, 2.24) is 4.98 Å². The van der Waals surface area contributed by atoms with Gasteiger partial charge >= 0.3 is 0 Å². The molecule has 0 saturated carbocycles. The molecule has 19 heavy (non-hydrogen) atoms. The molecular weight excluding hydrogens is 236 g/mol. The van der Waals surface area contributed by atoms with Crippen molar-refractivity contribution in [2.75, 3.05) is 0 Å². The van der Waals surface area contributed by atoms with E-state index in [9.17, 15) is 0 Å². The fourth-order valence-corrected chi connectivity index (χ4v) is 1.98. The molecule has 0 bridgehead atoms. The Kier molecular flexibility index (Phi) is 4.53. The topological polar surface area (TPSA) is 48.1 Å². The van der Waals surface area contributed by atoms with Crippen LogP contribution in [0.3, 0.4) is 0 Å². The number of ether oxygens (including phenoxy) is 1. The number of aryl methyl sites for hydroxylation is 2. The lowest BCUT2D eigenvalue weighted by Gasteiger charge is -2.11. The highest BCUT2D eigenvalue weighted by atomic mass is 16.5. The zero-order chi connectivity index (χ0) is 13.7. The van der Waals surface area contributed by atoms with Gasteiger partial charge < -0.3 is 10.5 Å². The summed E-state index contributed by atoms with van der Waals surface area (Å²) in [5, 5.41) is 0. The Morgan fingerprint density at radius 3 is 2.58 bits per heavy atom. The van der Waals surface area contributed by atoms with E-state index in [1.807, 2.05) is 30.3 Å². The van der Waals surface area contributed by atoms with Crippen molar-refractivity contribution in [3.63, 3.8) is 0 Å². The van der Waals surface area contributed by atoms with E-state index in [4.69, 9.17) is 10.5 Å². The normalized spacial score (nSPS) is 10.5. The van der Waals surface area contributed by atoms with Crippen LogP contribution in [0.2, 0.25) is 0 Å². The molecule has 2 rings (SSSR count). The van der Waals surface area contributed by atoms with Crippen molar-refractivity contribution >= 4 is 0 Å². The van der Waals surface area contributed by atoms with E-state index in [0.717, 1.165) is 29.8 Å². The Labute approximate surface area is 114 Å². The second-order valence-corrected chi connectivity index (χ2v) is 4.43. The summed E-state index contributed by atoms with van der Waals surface area (Å²) >= 11 is 0. The molecule has 1 heterocycles. The molecule has 0 spiro atoms. The lowest BCUT2D eigenvalue weighted by Crippen LogP contribution is -2.01. The predicted octanol–water partition coefficient (Wildman–Crippen LogP) is 3.46. The largest absolute Gasteiger partial charge is 0.439 e. The standard InChI is InChI=1S/C16H20N2O/c1-3-13-7-5-6-8-15(13)19-16-10-12(11-17)9-14(4-2)18-16/h5-10H,3-4,11,17H2,1-2H3. The number of hydrogen-bond donors (Lipinski definition) is 1. The summed E-state index contributed by atoms with van der Waals surface area (Å²) in [7, 11) is 0. The molecule has 100 valence electrons. The fraction of sp³-hybridized carbons (Fsp3) is 0.312. The van der Waals surface area contributed by atoms with Crippen LogP contribution in [0.15, 0.2) is 36.4 Å². The highest BCUT2D eigenvalue weighted by Gasteiger charge is 2.06. The first-order chi connectivity index (χ1) is 9.26. The average molecular weight is 256 g/mol. The predicted molar refractivity (Wildman–Crippen MR) is 77.4 cm³/mol. The molecule has 0 amide bonds. The summed E-state index contributed by atoms with van der Waals surface area (Å²) in [6.07, 6.45) is 1.81. The maximum Gasteiger partial charge on any atom is 0.219 e. The third-order valence-corrected chi connectivity index (χ3v) is 3.08. The van der Waals surface area contributed by atoms with Crippen molar-refractivity contribution in [3.05, 3.63) is 53.2 Å². The maximum atomic E-state index is 5.92. The molecule has 0 aliphatic heterocycles. The summed E-state index contributed by atoms with van der Waals surface area (Å²) in [4.78, 5) is 4.49. The molecule has 1 aromatic heterocycles. The van der Waals surface area contributed by atoms with Crippen molar-refractivity contribution in [2.24, 2.45) is 5.73 Å². The summed E-state index contributed by atoms with van der Waals surface area (Å²) in [6.45, 7) is 4.69. The van der Waals surface area contributed by atoms with E-state index >= 15 is 0 Å². The Bertz CT molecular complexity index is 530. The Morgan fingerprint density at radius 2 is 1.89 bits per heavy atom. The molecule has 0 unspecified atom stereocenters. The highest BCUT2D eigenvalue weighted by Crippen LogP contribution is 2.25. The van der Waals surface area contributed by atoms with E-state index in [2.05, 4.69) is 24.9 Å².